The number of rotatable bonds is 6. The minimum absolute atomic E-state index is 0.553. The summed E-state index contributed by atoms with van der Waals surface area (Å²) < 4.78 is 1.97. The van der Waals surface area contributed by atoms with Crippen LogP contribution >= 0.6 is 0 Å². The van der Waals surface area contributed by atoms with Crippen molar-refractivity contribution in [1.29, 1.82) is 0 Å². The molecule has 2 N–H and O–H groups in total. The van der Waals surface area contributed by atoms with E-state index < -0.39 is 0 Å². The van der Waals surface area contributed by atoms with Crippen molar-refractivity contribution in [3.63, 3.8) is 0 Å². The van der Waals surface area contributed by atoms with Crippen molar-refractivity contribution in [1.82, 2.24) is 30.1 Å². The number of nitrogens with one attached hydrogen (secondary N) is 2. The lowest BCUT2D eigenvalue weighted by molar-refractivity contribution is 0.152. The molecule has 0 bridgehead atoms. The molecule has 3 aromatic rings. The minimum atomic E-state index is 0.553. The van der Waals surface area contributed by atoms with Crippen LogP contribution in [0.1, 0.15) is 43.1 Å². The summed E-state index contributed by atoms with van der Waals surface area (Å²) in [5.74, 6) is 1.60. The van der Waals surface area contributed by atoms with Gasteiger partial charge in [0.25, 0.3) is 0 Å². The van der Waals surface area contributed by atoms with Crippen molar-refractivity contribution in [3.8, 4) is 0 Å². The molecule has 0 aliphatic carbocycles. The fourth-order valence-corrected chi connectivity index (χ4v) is 3.97. The summed E-state index contributed by atoms with van der Waals surface area (Å²) in [6.45, 7) is 5.88. The number of piperidine rings is 1. The van der Waals surface area contributed by atoms with Crippen molar-refractivity contribution in [2.75, 3.05) is 13.6 Å². The van der Waals surface area contributed by atoms with Crippen LogP contribution in [0.4, 0.5) is 0 Å². The van der Waals surface area contributed by atoms with Crippen LogP contribution in [0.25, 0.3) is 5.65 Å². The van der Waals surface area contributed by atoms with Gasteiger partial charge in [-0.3, -0.25) is 14.3 Å². The lowest BCUT2D eigenvalue weighted by atomic mass is 10.0. The molecule has 1 fully saturated rings. The summed E-state index contributed by atoms with van der Waals surface area (Å²) >= 11 is 0. The third-order valence-corrected chi connectivity index (χ3v) is 5.83. The number of guanidine groups is 1. The van der Waals surface area contributed by atoms with Gasteiger partial charge in [0.1, 0.15) is 0 Å². The highest BCUT2D eigenvalue weighted by atomic mass is 15.3. The molecule has 0 spiro atoms. The zero-order valence-electron chi connectivity index (χ0n) is 17.9. The third-order valence-electron chi connectivity index (χ3n) is 5.83. The van der Waals surface area contributed by atoms with Crippen LogP contribution in [0.5, 0.6) is 0 Å². The summed E-state index contributed by atoms with van der Waals surface area (Å²) in [5, 5.41) is 15.1. The molecule has 1 aliphatic rings. The Hall–Kier alpha value is -2.93. The first-order valence-electron chi connectivity index (χ1n) is 10.8. The fraction of sp³-hybridized carbons (Fsp3) is 0.435. The fourth-order valence-electron chi connectivity index (χ4n) is 3.97. The number of pyridine rings is 1. The maximum absolute atomic E-state index is 4.32. The topological polar surface area (TPSA) is 69.8 Å². The van der Waals surface area contributed by atoms with Crippen molar-refractivity contribution in [2.24, 2.45) is 4.99 Å². The number of hydrogen-bond acceptors (Lipinski definition) is 4. The molecule has 0 amide bonds. The second-order valence-electron chi connectivity index (χ2n) is 7.96. The van der Waals surface area contributed by atoms with Crippen LogP contribution in [0.3, 0.4) is 0 Å². The number of benzene rings is 1. The standard InChI is InChI=1S/C23H31N7/c1-18-7-3-5-13-29(18)17-20-11-9-19(10-12-20)15-25-23(24-2)26-16-22-28-27-21-8-4-6-14-30(21)22/h4,6,8-12,14,18H,3,5,7,13,15-17H2,1-2H3,(H2,24,25,26). The Bertz CT molecular complexity index is 977. The molecule has 0 saturated carbocycles. The molecule has 7 nitrogen and oxygen atoms in total. The van der Waals surface area contributed by atoms with Crippen LogP contribution in [-0.2, 0) is 19.6 Å². The Kier molecular flexibility index (Phi) is 6.59. The number of aliphatic imine (C=N–C) groups is 1. The lowest BCUT2D eigenvalue weighted by Gasteiger charge is -2.33. The summed E-state index contributed by atoms with van der Waals surface area (Å²) in [6, 6.07) is 15.5. The average Bonchev–Trinajstić information content (AvgIpc) is 3.20. The van der Waals surface area contributed by atoms with Crippen molar-refractivity contribution < 1.29 is 0 Å². The highest BCUT2D eigenvalue weighted by Gasteiger charge is 2.17. The van der Waals surface area contributed by atoms with Crippen LogP contribution in [-0.4, -0.2) is 45.1 Å². The second kappa shape index (κ2) is 9.71. The van der Waals surface area contributed by atoms with E-state index in [2.05, 4.69) is 61.9 Å². The first-order chi connectivity index (χ1) is 14.7. The molecule has 158 valence electrons. The van der Waals surface area contributed by atoms with Gasteiger partial charge in [-0.15, -0.1) is 10.2 Å². The number of aromatic nitrogens is 3. The molecular formula is C23H31N7. The maximum Gasteiger partial charge on any atom is 0.191 e. The number of nitrogens with zero attached hydrogens (tertiary/aromatic N) is 5. The Morgan fingerprint density at radius 3 is 2.63 bits per heavy atom. The summed E-state index contributed by atoms with van der Waals surface area (Å²) in [5.41, 5.74) is 3.46. The molecule has 30 heavy (non-hydrogen) atoms. The van der Waals surface area contributed by atoms with E-state index >= 15 is 0 Å². The molecule has 1 aromatic carbocycles. The van der Waals surface area contributed by atoms with E-state index in [1.807, 2.05) is 28.8 Å². The molecule has 2 aromatic heterocycles. The van der Waals surface area contributed by atoms with Gasteiger partial charge in [0, 0.05) is 32.4 Å². The van der Waals surface area contributed by atoms with Gasteiger partial charge in [-0.1, -0.05) is 36.8 Å². The predicted octanol–water partition coefficient (Wildman–Crippen LogP) is 2.97. The minimum Gasteiger partial charge on any atom is -0.352 e. The van der Waals surface area contributed by atoms with Gasteiger partial charge in [-0.25, -0.2) is 0 Å². The Morgan fingerprint density at radius 2 is 1.83 bits per heavy atom. The normalized spacial score (nSPS) is 17.9. The molecule has 4 rings (SSSR count). The Balaban J connectivity index is 1.27. The van der Waals surface area contributed by atoms with Crippen LogP contribution in [0.15, 0.2) is 53.7 Å². The van der Waals surface area contributed by atoms with Crippen LogP contribution in [0, 0.1) is 0 Å². The lowest BCUT2D eigenvalue weighted by Crippen LogP contribution is -2.37. The predicted molar refractivity (Wildman–Crippen MR) is 120 cm³/mol. The number of fused-ring (bicyclic) bond motifs is 1. The zero-order chi connectivity index (χ0) is 20.8. The van der Waals surface area contributed by atoms with E-state index in [9.17, 15) is 0 Å². The molecule has 1 saturated heterocycles. The second-order valence-corrected chi connectivity index (χ2v) is 7.96. The first-order valence-corrected chi connectivity index (χ1v) is 10.8. The smallest absolute Gasteiger partial charge is 0.191 e. The van der Waals surface area contributed by atoms with Crippen molar-refractivity contribution in [3.05, 3.63) is 65.6 Å². The largest absolute Gasteiger partial charge is 0.352 e. The van der Waals surface area contributed by atoms with E-state index in [1.54, 1.807) is 7.05 Å². The molecule has 3 heterocycles. The molecule has 7 heteroatoms. The summed E-state index contributed by atoms with van der Waals surface area (Å²) in [7, 11) is 1.78. The van der Waals surface area contributed by atoms with Gasteiger partial charge < -0.3 is 10.6 Å². The van der Waals surface area contributed by atoms with E-state index in [0.29, 0.717) is 12.6 Å². The van der Waals surface area contributed by atoms with Crippen molar-refractivity contribution >= 4 is 11.6 Å². The quantitative estimate of drug-likeness (QED) is 0.487. The van der Waals surface area contributed by atoms with Gasteiger partial charge in [0.2, 0.25) is 0 Å². The molecule has 1 unspecified atom stereocenters. The number of hydrogen-bond donors (Lipinski definition) is 2. The van der Waals surface area contributed by atoms with E-state index in [-0.39, 0.29) is 0 Å². The summed E-state index contributed by atoms with van der Waals surface area (Å²) in [4.78, 5) is 6.91. The third kappa shape index (κ3) is 4.97. The zero-order valence-corrected chi connectivity index (χ0v) is 17.9. The highest BCUT2D eigenvalue weighted by molar-refractivity contribution is 5.79. The maximum atomic E-state index is 4.32. The van der Waals surface area contributed by atoms with Gasteiger partial charge >= 0.3 is 0 Å². The Labute approximate surface area is 178 Å². The SMILES string of the molecule is CN=C(NCc1ccc(CN2CCCCC2C)cc1)NCc1nnc2ccccn12. The van der Waals surface area contributed by atoms with Gasteiger partial charge in [-0.2, -0.15) is 0 Å². The number of likely N-dealkylation sites (tertiary alicyclic amines) is 1. The average molecular weight is 406 g/mol. The monoisotopic (exact) mass is 405 g/mol. The molecule has 1 atom stereocenters. The highest BCUT2D eigenvalue weighted by Crippen LogP contribution is 2.19. The van der Waals surface area contributed by atoms with Crippen LogP contribution in [0.2, 0.25) is 0 Å². The Morgan fingerprint density at radius 1 is 1.03 bits per heavy atom. The van der Waals surface area contributed by atoms with Gasteiger partial charge in [-0.05, 0) is 49.6 Å². The van der Waals surface area contributed by atoms with Gasteiger partial charge in [0.05, 0.1) is 6.54 Å². The van der Waals surface area contributed by atoms with E-state index in [1.165, 1.54) is 36.9 Å². The molecule has 1 aliphatic heterocycles. The van der Waals surface area contributed by atoms with Crippen molar-refractivity contribution in [2.45, 2.75) is 51.9 Å². The molecular weight excluding hydrogens is 374 g/mol. The first kappa shape index (κ1) is 20.3. The summed E-state index contributed by atoms with van der Waals surface area (Å²) in [6.07, 6.45) is 5.97. The van der Waals surface area contributed by atoms with E-state index in [4.69, 9.17) is 0 Å². The van der Waals surface area contributed by atoms with Gasteiger partial charge in [0.15, 0.2) is 17.4 Å². The molecule has 0 radical (unpaired) electrons. The van der Waals surface area contributed by atoms with E-state index in [0.717, 1.165) is 30.5 Å². The van der Waals surface area contributed by atoms with Crippen LogP contribution < -0.4 is 10.6 Å².